The zero-order chi connectivity index (χ0) is 15.0. The van der Waals surface area contributed by atoms with Crippen molar-refractivity contribution in [1.82, 2.24) is 10.3 Å². The zero-order valence-electron chi connectivity index (χ0n) is 13.6. The van der Waals surface area contributed by atoms with E-state index in [4.69, 9.17) is 15.3 Å². The number of hydrazine groups is 1. The predicted molar refractivity (Wildman–Crippen MR) is 80.3 cm³/mol. The number of hydrogen-bond acceptors (Lipinski definition) is 5. The van der Waals surface area contributed by atoms with Gasteiger partial charge in [0.1, 0.15) is 0 Å². The van der Waals surface area contributed by atoms with Crippen molar-refractivity contribution in [2.45, 2.75) is 64.4 Å². The van der Waals surface area contributed by atoms with Crippen LogP contribution >= 0.6 is 0 Å². The van der Waals surface area contributed by atoms with E-state index in [0.29, 0.717) is 5.92 Å². The summed E-state index contributed by atoms with van der Waals surface area (Å²) in [6.45, 7) is 14.6. The topological polar surface area (TPSA) is 59.8 Å². The fourth-order valence-electron chi connectivity index (χ4n) is 3.88. The molecule has 20 heavy (non-hydrogen) atoms. The van der Waals surface area contributed by atoms with Crippen molar-refractivity contribution in [3.05, 3.63) is 0 Å². The predicted octanol–water partition coefficient (Wildman–Crippen LogP) is 1.13. The molecule has 2 fully saturated rings. The number of ether oxygens (including phenoxy) is 2. The quantitative estimate of drug-likeness (QED) is 0.599. The van der Waals surface area contributed by atoms with E-state index in [9.17, 15) is 0 Å². The average Bonchev–Trinajstić information content (AvgIpc) is 2.59. The first kappa shape index (κ1) is 16.2. The van der Waals surface area contributed by atoms with Crippen molar-refractivity contribution < 1.29 is 9.47 Å². The van der Waals surface area contributed by atoms with E-state index >= 15 is 0 Å². The van der Waals surface area contributed by atoms with Crippen molar-refractivity contribution in [2.75, 3.05) is 26.2 Å². The van der Waals surface area contributed by atoms with Gasteiger partial charge in [-0.3, -0.25) is 16.2 Å². The molecule has 2 heterocycles. The van der Waals surface area contributed by atoms with Crippen LogP contribution < -0.4 is 11.3 Å². The molecule has 3 unspecified atom stereocenters. The van der Waals surface area contributed by atoms with E-state index in [1.807, 2.05) is 0 Å². The van der Waals surface area contributed by atoms with Gasteiger partial charge in [0.05, 0.1) is 30.0 Å². The zero-order valence-corrected chi connectivity index (χ0v) is 13.6. The summed E-state index contributed by atoms with van der Waals surface area (Å²) in [5.41, 5.74) is 2.74. The van der Waals surface area contributed by atoms with E-state index in [-0.39, 0.29) is 23.3 Å². The number of likely N-dealkylation sites (N-methyl/N-ethyl adjacent to an activating group) is 1. The van der Waals surface area contributed by atoms with Crippen LogP contribution in [-0.2, 0) is 9.47 Å². The van der Waals surface area contributed by atoms with Gasteiger partial charge in [-0.2, -0.15) is 0 Å². The molecule has 0 saturated carbocycles. The highest BCUT2D eigenvalue weighted by Gasteiger charge is 2.51. The maximum Gasteiger partial charge on any atom is 0.0872 e. The van der Waals surface area contributed by atoms with Crippen LogP contribution in [0.5, 0.6) is 0 Å². The lowest BCUT2D eigenvalue weighted by atomic mass is 9.79. The second-order valence-corrected chi connectivity index (χ2v) is 7.27. The standard InChI is InChI=1S/C15H31N3O2/c1-6-18-7-8-19-12(10-18)13(17-16)11-9-14(2,3)20-15(11,4)5/h11-13,17H,6-10,16H2,1-5H3. The smallest absolute Gasteiger partial charge is 0.0872 e. The van der Waals surface area contributed by atoms with E-state index in [1.165, 1.54) is 0 Å². The maximum absolute atomic E-state index is 6.21. The van der Waals surface area contributed by atoms with Crippen molar-refractivity contribution in [3.8, 4) is 0 Å². The van der Waals surface area contributed by atoms with E-state index in [2.05, 4.69) is 44.9 Å². The Morgan fingerprint density at radius 3 is 2.55 bits per heavy atom. The van der Waals surface area contributed by atoms with Gasteiger partial charge in [-0.1, -0.05) is 6.92 Å². The van der Waals surface area contributed by atoms with Gasteiger partial charge in [0.15, 0.2) is 0 Å². The molecule has 5 nitrogen and oxygen atoms in total. The fourth-order valence-corrected chi connectivity index (χ4v) is 3.88. The summed E-state index contributed by atoms with van der Waals surface area (Å²) in [5.74, 6) is 6.23. The molecule has 0 aliphatic carbocycles. The number of hydrogen-bond donors (Lipinski definition) is 2. The normalized spacial score (nSPS) is 35.1. The molecule has 118 valence electrons. The Hall–Kier alpha value is -0.200. The number of rotatable bonds is 4. The fraction of sp³-hybridized carbons (Fsp3) is 1.00. The molecular weight excluding hydrogens is 254 g/mol. The largest absolute Gasteiger partial charge is 0.374 e. The summed E-state index contributed by atoms with van der Waals surface area (Å²) in [5, 5.41) is 0. The molecule has 0 aromatic heterocycles. The van der Waals surface area contributed by atoms with Gasteiger partial charge in [-0.15, -0.1) is 0 Å². The Morgan fingerprint density at radius 2 is 2.05 bits per heavy atom. The summed E-state index contributed by atoms with van der Waals surface area (Å²) in [6.07, 6.45) is 1.14. The molecule has 0 spiro atoms. The molecule has 0 radical (unpaired) electrons. The van der Waals surface area contributed by atoms with Crippen molar-refractivity contribution >= 4 is 0 Å². The first-order valence-electron chi connectivity index (χ1n) is 7.79. The molecule has 0 bridgehead atoms. The molecule has 2 aliphatic heterocycles. The highest BCUT2D eigenvalue weighted by Crippen LogP contribution is 2.44. The lowest BCUT2D eigenvalue weighted by Crippen LogP contribution is -2.59. The van der Waals surface area contributed by atoms with Crippen LogP contribution in [0.15, 0.2) is 0 Å². The third kappa shape index (κ3) is 3.34. The van der Waals surface area contributed by atoms with E-state index in [1.54, 1.807) is 0 Å². The minimum Gasteiger partial charge on any atom is -0.374 e. The van der Waals surface area contributed by atoms with Gasteiger partial charge in [-0.05, 0) is 40.7 Å². The van der Waals surface area contributed by atoms with Gasteiger partial charge < -0.3 is 9.47 Å². The number of nitrogens with one attached hydrogen (secondary N) is 1. The van der Waals surface area contributed by atoms with Crippen molar-refractivity contribution in [1.29, 1.82) is 0 Å². The van der Waals surface area contributed by atoms with Crippen LogP contribution in [0.3, 0.4) is 0 Å². The highest BCUT2D eigenvalue weighted by molar-refractivity contribution is 5.02. The van der Waals surface area contributed by atoms with Gasteiger partial charge in [0.2, 0.25) is 0 Å². The van der Waals surface area contributed by atoms with E-state index in [0.717, 1.165) is 32.7 Å². The Labute approximate surface area is 123 Å². The lowest BCUT2D eigenvalue weighted by Gasteiger charge is -2.41. The SMILES string of the molecule is CCN1CCOC(C(NN)C2CC(C)(C)OC2(C)C)C1. The Balaban J connectivity index is 2.11. The number of nitrogens with zero attached hydrogens (tertiary/aromatic N) is 1. The second-order valence-electron chi connectivity index (χ2n) is 7.27. The third-order valence-electron chi connectivity index (χ3n) is 4.80. The monoisotopic (exact) mass is 285 g/mol. The Kier molecular flexibility index (Phi) is 4.76. The first-order valence-corrected chi connectivity index (χ1v) is 7.79. The second kappa shape index (κ2) is 5.89. The highest BCUT2D eigenvalue weighted by atomic mass is 16.5. The summed E-state index contributed by atoms with van der Waals surface area (Å²) in [7, 11) is 0. The minimum absolute atomic E-state index is 0.0949. The number of morpholine rings is 1. The summed E-state index contributed by atoms with van der Waals surface area (Å²) in [4.78, 5) is 2.42. The minimum atomic E-state index is -0.182. The third-order valence-corrected chi connectivity index (χ3v) is 4.80. The first-order chi connectivity index (χ1) is 9.29. The molecule has 5 heteroatoms. The van der Waals surface area contributed by atoms with Gasteiger partial charge in [0.25, 0.3) is 0 Å². The van der Waals surface area contributed by atoms with E-state index < -0.39 is 0 Å². The molecule has 3 atom stereocenters. The Bertz CT molecular complexity index is 333. The summed E-state index contributed by atoms with van der Waals surface area (Å²) < 4.78 is 12.2. The maximum atomic E-state index is 6.21. The van der Waals surface area contributed by atoms with Crippen LogP contribution in [0, 0.1) is 5.92 Å². The van der Waals surface area contributed by atoms with Gasteiger partial charge >= 0.3 is 0 Å². The van der Waals surface area contributed by atoms with Crippen LogP contribution in [0.25, 0.3) is 0 Å². The summed E-state index contributed by atoms with van der Waals surface area (Å²) >= 11 is 0. The molecule has 0 aromatic carbocycles. The van der Waals surface area contributed by atoms with Crippen molar-refractivity contribution in [2.24, 2.45) is 11.8 Å². The van der Waals surface area contributed by atoms with Gasteiger partial charge in [-0.25, -0.2) is 0 Å². The lowest BCUT2D eigenvalue weighted by molar-refractivity contribution is -0.0968. The average molecular weight is 285 g/mol. The Morgan fingerprint density at radius 1 is 1.35 bits per heavy atom. The molecule has 2 rings (SSSR count). The van der Waals surface area contributed by atoms with Crippen LogP contribution in [-0.4, -0.2) is 54.5 Å². The number of nitrogens with two attached hydrogens (primary N) is 1. The molecule has 0 aromatic rings. The van der Waals surface area contributed by atoms with Crippen molar-refractivity contribution in [3.63, 3.8) is 0 Å². The van der Waals surface area contributed by atoms with Crippen LogP contribution in [0.1, 0.15) is 41.0 Å². The molecule has 3 N–H and O–H groups in total. The van der Waals surface area contributed by atoms with Crippen LogP contribution in [0.2, 0.25) is 0 Å². The molecule has 2 saturated heterocycles. The molecule has 2 aliphatic rings. The summed E-state index contributed by atoms with van der Waals surface area (Å²) in [6, 6.07) is 0.126. The molecular formula is C15H31N3O2. The van der Waals surface area contributed by atoms with Gasteiger partial charge in [0, 0.05) is 19.0 Å². The van der Waals surface area contributed by atoms with Crippen LogP contribution in [0.4, 0.5) is 0 Å². The molecule has 0 amide bonds.